The lowest BCUT2D eigenvalue weighted by atomic mass is 9.49. The van der Waals surface area contributed by atoms with Gasteiger partial charge in [0, 0.05) is 16.7 Å². The first-order chi connectivity index (χ1) is 15.5. The minimum absolute atomic E-state index is 0.180. The molecule has 1 aromatic heterocycles. The van der Waals surface area contributed by atoms with Gasteiger partial charge >= 0.3 is 0 Å². The van der Waals surface area contributed by atoms with Gasteiger partial charge in [0.25, 0.3) is 5.91 Å². The summed E-state index contributed by atoms with van der Waals surface area (Å²) in [6, 6.07) is 5.45. The number of benzene rings is 1. The van der Waals surface area contributed by atoms with Crippen LogP contribution in [0.5, 0.6) is 17.2 Å². The number of aromatic amines is 1. The fourth-order valence-electron chi connectivity index (χ4n) is 6.55. The van der Waals surface area contributed by atoms with E-state index < -0.39 is 0 Å². The predicted molar refractivity (Wildman–Crippen MR) is 120 cm³/mol. The van der Waals surface area contributed by atoms with Gasteiger partial charge in [-0.3, -0.25) is 9.89 Å². The van der Waals surface area contributed by atoms with Gasteiger partial charge in [-0.15, -0.1) is 0 Å². The van der Waals surface area contributed by atoms with Crippen LogP contribution < -0.4 is 19.6 Å². The number of hydrazone groups is 1. The number of H-pyrrole nitrogens is 1. The van der Waals surface area contributed by atoms with Crippen LogP contribution in [0.15, 0.2) is 23.3 Å². The van der Waals surface area contributed by atoms with Crippen molar-refractivity contribution in [2.45, 2.75) is 43.9 Å². The molecule has 0 spiro atoms. The fourth-order valence-corrected chi connectivity index (χ4v) is 6.55. The lowest BCUT2D eigenvalue weighted by Crippen LogP contribution is -2.48. The van der Waals surface area contributed by atoms with Crippen molar-refractivity contribution in [1.29, 1.82) is 0 Å². The molecule has 4 saturated carbocycles. The topological polar surface area (TPSA) is 97.8 Å². The van der Waals surface area contributed by atoms with Crippen molar-refractivity contribution < 1.29 is 19.0 Å². The maximum atomic E-state index is 12.6. The number of hydrogen-bond donors (Lipinski definition) is 2. The van der Waals surface area contributed by atoms with E-state index in [1.807, 2.05) is 6.07 Å². The number of rotatable bonds is 7. The molecule has 8 nitrogen and oxygen atoms in total. The zero-order chi connectivity index (χ0) is 22.3. The Morgan fingerprint density at radius 3 is 2.16 bits per heavy atom. The maximum Gasteiger partial charge on any atom is 0.291 e. The van der Waals surface area contributed by atoms with Crippen LogP contribution in [0.3, 0.4) is 0 Å². The van der Waals surface area contributed by atoms with Gasteiger partial charge in [-0.1, -0.05) is 0 Å². The summed E-state index contributed by atoms with van der Waals surface area (Å²) in [5, 5.41) is 11.6. The predicted octanol–water partition coefficient (Wildman–Crippen LogP) is 3.67. The van der Waals surface area contributed by atoms with E-state index >= 15 is 0 Å². The van der Waals surface area contributed by atoms with Crippen molar-refractivity contribution in [2.75, 3.05) is 21.3 Å². The lowest BCUT2D eigenvalue weighted by molar-refractivity contribution is -0.00721. The van der Waals surface area contributed by atoms with Crippen LogP contribution in [0.1, 0.15) is 60.3 Å². The molecule has 2 aromatic rings. The summed E-state index contributed by atoms with van der Waals surface area (Å²) < 4.78 is 16.0. The first-order valence-electron chi connectivity index (χ1n) is 11.2. The molecule has 1 aromatic carbocycles. The number of carbonyl (C=O) groups is 1. The minimum atomic E-state index is -0.332. The summed E-state index contributed by atoms with van der Waals surface area (Å²) in [6.45, 7) is 0. The molecular weight excluding hydrogens is 408 g/mol. The van der Waals surface area contributed by atoms with E-state index in [9.17, 15) is 4.79 Å². The van der Waals surface area contributed by atoms with E-state index in [0.29, 0.717) is 28.5 Å². The second-order valence-corrected chi connectivity index (χ2v) is 9.52. The molecule has 0 radical (unpaired) electrons. The molecule has 4 fully saturated rings. The molecular formula is C24H30N4O4. The van der Waals surface area contributed by atoms with Gasteiger partial charge in [-0.2, -0.15) is 10.2 Å². The third-order valence-electron chi connectivity index (χ3n) is 7.49. The highest BCUT2D eigenvalue weighted by Gasteiger charge is 2.52. The number of amides is 1. The molecule has 0 aliphatic heterocycles. The second-order valence-electron chi connectivity index (χ2n) is 9.52. The Morgan fingerprint density at radius 1 is 1.03 bits per heavy atom. The Kier molecular flexibility index (Phi) is 5.31. The van der Waals surface area contributed by atoms with Crippen molar-refractivity contribution in [1.82, 2.24) is 15.6 Å². The monoisotopic (exact) mass is 438 g/mol. The van der Waals surface area contributed by atoms with Crippen LogP contribution in [-0.2, 0) is 5.41 Å². The first-order valence-corrected chi connectivity index (χ1v) is 11.2. The summed E-state index contributed by atoms with van der Waals surface area (Å²) in [4.78, 5) is 12.6. The van der Waals surface area contributed by atoms with E-state index in [1.54, 1.807) is 33.5 Å². The Balaban J connectivity index is 1.28. The molecule has 4 aliphatic carbocycles. The molecule has 0 atom stereocenters. The van der Waals surface area contributed by atoms with Gasteiger partial charge in [-0.05, 0) is 74.5 Å². The third kappa shape index (κ3) is 3.61. The normalized spacial score (nSPS) is 28.2. The van der Waals surface area contributed by atoms with E-state index in [1.165, 1.54) is 44.7 Å². The molecule has 6 rings (SSSR count). The Labute approximate surface area is 187 Å². The van der Waals surface area contributed by atoms with Crippen molar-refractivity contribution in [3.05, 3.63) is 35.2 Å². The van der Waals surface area contributed by atoms with E-state index in [4.69, 9.17) is 14.2 Å². The highest BCUT2D eigenvalue weighted by Crippen LogP contribution is 2.60. The summed E-state index contributed by atoms with van der Waals surface area (Å²) in [6.07, 6.45) is 9.36. The molecule has 1 heterocycles. The van der Waals surface area contributed by atoms with E-state index in [2.05, 4.69) is 20.7 Å². The van der Waals surface area contributed by atoms with Gasteiger partial charge < -0.3 is 14.2 Å². The van der Waals surface area contributed by atoms with Gasteiger partial charge in [0.05, 0.1) is 27.5 Å². The molecule has 0 unspecified atom stereocenters. The molecule has 32 heavy (non-hydrogen) atoms. The van der Waals surface area contributed by atoms with Crippen LogP contribution >= 0.6 is 0 Å². The Hall–Kier alpha value is -3.03. The number of methoxy groups -OCH3 is 3. The lowest BCUT2D eigenvalue weighted by Gasteiger charge is -2.56. The van der Waals surface area contributed by atoms with Gasteiger partial charge in [0.15, 0.2) is 17.2 Å². The highest BCUT2D eigenvalue weighted by atomic mass is 16.5. The molecule has 4 bridgehead atoms. The van der Waals surface area contributed by atoms with Crippen LogP contribution in [0.4, 0.5) is 0 Å². The van der Waals surface area contributed by atoms with Gasteiger partial charge in [0.1, 0.15) is 0 Å². The van der Waals surface area contributed by atoms with Crippen molar-refractivity contribution in [2.24, 2.45) is 22.9 Å². The van der Waals surface area contributed by atoms with Gasteiger partial charge in [0.2, 0.25) is 5.75 Å². The fraction of sp³-hybridized carbons (Fsp3) is 0.542. The second kappa shape index (κ2) is 8.15. The number of hydrogen-bond acceptors (Lipinski definition) is 6. The first kappa shape index (κ1) is 20.8. The maximum absolute atomic E-state index is 12.6. The Morgan fingerprint density at radius 2 is 1.62 bits per heavy atom. The van der Waals surface area contributed by atoms with Crippen LogP contribution in [0.25, 0.3) is 0 Å². The minimum Gasteiger partial charge on any atom is -0.493 e. The van der Waals surface area contributed by atoms with Gasteiger partial charge in [-0.25, -0.2) is 5.43 Å². The number of nitrogens with one attached hydrogen (secondary N) is 2. The molecule has 4 aliphatic rings. The van der Waals surface area contributed by atoms with Crippen molar-refractivity contribution >= 4 is 12.1 Å². The third-order valence-corrected chi connectivity index (χ3v) is 7.49. The summed E-state index contributed by atoms with van der Waals surface area (Å²) >= 11 is 0. The number of aromatic nitrogens is 2. The summed E-state index contributed by atoms with van der Waals surface area (Å²) in [5.74, 6) is 3.73. The van der Waals surface area contributed by atoms with Crippen molar-refractivity contribution in [3.8, 4) is 17.2 Å². The SMILES string of the molecule is COc1cc(/C=N/NC(=O)c2cc(C34CC5CC(CC(C5)C3)C4)[nH]n2)cc(OC)c1OC. The number of carbonyl (C=O) groups excluding carboxylic acids is 1. The molecule has 1 amide bonds. The highest BCUT2D eigenvalue weighted by molar-refractivity contribution is 5.93. The molecule has 8 heteroatoms. The average molecular weight is 439 g/mol. The Bertz CT molecular complexity index is 984. The zero-order valence-corrected chi connectivity index (χ0v) is 18.8. The van der Waals surface area contributed by atoms with Crippen LogP contribution in [0, 0.1) is 17.8 Å². The number of nitrogens with zero attached hydrogens (tertiary/aromatic N) is 2. The zero-order valence-electron chi connectivity index (χ0n) is 18.8. The summed E-state index contributed by atoms with van der Waals surface area (Å²) in [5.41, 5.74) is 4.95. The smallest absolute Gasteiger partial charge is 0.291 e. The van der Waals surface area contributed by atoms with Crippen LogP contribution in [0.2, 0.25) is 0 Å². The molecule has 2 N–H and O–H groups in total. The van der Waals surface area contributed by atoms with Crippen molar-refractivity contribution in [3.63, 3.8) is 0 Å². The van der Waals surface area contributed by atoms with E-state index in [0.717, 1.165) is 23.4 Å². The molecule has 0 saturated heterocycles. The largest absolute Gasteiger partial charge is 0.493 e. The number of ether oxygens (including phenoxy) is 3. The standard InChI is InChI=1S/C24H30N4O4/c1-30-19-7-17(8-20(31-2)22(19)32-3)13-25-28-23(29)18-9-21(27-26-18)24-10-14-4-15(11-24)6-16(5-14)12-24/h7-9,13-16H,4-6,10-12H2,1-3H3,(H,26,27)(H,28,29)/b25-13+. The molecule has 170 valence electrons. The summed E-state index contributed by atoms with van der Waals surface area (Å²) in [7, 11) is 4.66. The quantitative estimate of drug-likeness (QED) is 0.508. The van der Waals surface area contributed by atoms with E-state index in [-0.39, 0.29) is 11.3 Å². The van der Waals surface area contributed by atoms with Crippen LogP contribution in [-0.4, -0.2) is 43.6 Å². The average Bonchev–Trinajstić information content (AvgIpc) is 3.29.